The smallest absolute Gasteiger partial charge is 0.0255 e. The van der Waals surface area contributed by atoms with E-state index in [0.717, 1.165) is 0 Å². The highest BCUT2D eigenvalue weighted by Gasteiger charge is 2.18. The van der Waals surface area contributed by atoms with Crippen molar-refractivity contribution >= 4 is 0 Å². The average molecular weight is 191 g/mol. The second kappa shape index (κ2) is 4.79. The van der Waals surface area contributed by atoms with E-state index in [1.807, 2.05) is 0 Å². The van der Waals surface area contributed by atoms with Crippen LogP contribution in [-0.2, 0) is 0 Å². The molecule has 1 N–H and O–H groups in total. The molecule has 0 aromatic carbocycles. The number of rotatable bonds is 0. The molecule has 0 saturated heterocycles. The van der Waals surface area contributed by atoms with Crippen molar-refractivity contribution in [2.45, 2.75) is 57.5 Å². The number of hydrogen-bond donors (Lipinski definition) is 1. The van der Waals surface area contributed by atoms with E-state index in [0.29, 0.717) is 12.1 Å². The first-order valence-corrected chi connectivity index (χ1v) is 5.93. The number of nitrogens with one attached hydrogen (secondary N) is 1. The lowest BCUT2D eigenvalue weighted by atomic mass is 9.93. The first kappa shape index (κ1) is 9.97. The minimum atomic E-state index is 0.653. The maximum atomic E-state index is 3.73. The molecule has 14 heavy (non-hydrogen) atoms. The summed E-state index contributed by atoms with van der Waals surface area (Å²) in [4.78, 5) is 0. The van der Waals surface area contributed by atoms with Crippen LogP contribution < -0.4 is 5.32 Å². The molecule has 2 rings (SSSR count). The van der Waals surface area contributed by atoms with E-state index in [-0.39, 0.29) is 0 Å². The van der Waals surface area contributed by atoms with Crippen LogP contribution in [0.5, 0.6) is 0 Å². The first-order chi connectivity index (χ1) is 6.84. The van der Waals surface area contributed by atoms with Crippen LogP contribution in [0.1, 0.15) is 45.4 Å². The van der Waals surface area contributed by atoms with Gasteiger partial charge in [0.05, 0.1) is 0 Å². The van der Waals surface area contributed by atoms with Gasteiger partial charge in [0.15, 0.2) is 0 Å². The minimum absolute atomic E-state index is 0.653. The topological polar surface area (TPSA) is 12.0 Å². The lowest BCUT2D eigenvalue weighted by Crippen LogP contribution is -2.40. The maximum absolute atomic E-state index is 3.73. The van der Waals surface area contributed by atoms with Crippen molar-refractivity contribution in [3.8, 4) is 0 Å². The summed E-state index contributed by atoms with van der Waals surface area (Å²) in [7, 11) is 0. The summed E-state index contributed by atoms with van der Waals surface area (Å²) in [5, 5.41) is 3.73. The average Bonchev–Trinajstić information content (AvgIpc) is 2.15. The van der Waals surface area contributed by atoms with Gasteiger partial charge in [-0.25, -0.2) is 0 Å². The fourth-order valence-corrected chi connectivity index (χ4v) is 2.53. The largest absolute Gasteiger partial charge is 0.307 e. The van der Waals surface area contributed by atoms with Crippen LogP contribution in [-0.4, -0.2) is 12.1 Å². The number of fused-ring (bicyclic) bond motifs is 2. The highest BCUT2D eigenvalue weighted by molar-refractivity contribution is 5.12. The van der Waals surface area contributed by atoms with Crippen LogP contribution in [0.25, 0.3) is 0 Å². The lowest BCUT2D eigenvalue weighted by Gasteiger charge is -2.29. The molecule has 0 spiro atoms. The van der Waals surface area contributed by atoms with E-state index in [1.165, 1.54) is 38.5 Å². The molecule has 2 bridgehead atoms. The third kappa shape index (κ3) is 2.71. The van der Waals surface area contributed by atoms with Crippen molar-refractivity contribution in [3.05, 3.63) is 23.8 Å². The van der Waals surface area contributed by atoms with Crippen molar-refractivity contribution in [2.24, 2.45) is 0 Å². The monoisotopic (exact) mass is 191 g/mol. The molecular formula is C13H21N. The molecule has 2 unspecified atom stereocenters. The molecule has 2 aliphatic rings. The molecule has 78 valence electrons. The SMILES string of the molecule is CC1=CC2CCCC/C=C\CC(C1)N2. The highest BCUT2D eigenvalue weighted by Crippen LogP contribution is 2.20. The van der Waals surface area contributed by atoms with Gasteiger partial charge in [0, 0.05) is 12.1 Å². The summed E-state index contributed by atoms with van der Waals surface area (Å²) < 4.78 is 0. The maximum Gasteiger partial charge on any atom is 0.0255 e. The van der Waals surface area contributed by atoms with Crippen molar-refractivity contribution in [3.63, 3.8) is 0 Å². The summed E-state index contributed by atoms with van der Waals surface area (Å²) in [5.41, 5.74) is 1.58. The van der Waals surface area contributed by atoms with Gasteiger partial charge >= 0.3 is 0 Å². The van der Waals surface area contributed by atoms with Crippen LogP contribution in [0.4, 0.5) is 0 Å². The summed E-state index contributed by atoms with van der Waals surface area (Å²) in [6.07, 6.45) is 14.9. The third-order valence-electron chi connectivity index (χ3n) is 3.23. The van der Waals surface area contributed by atoms with E-state index in [1.54, 1.807) is 5.57 Å². The second-order valence-corrected chi connectivity index (χ2v) is 4.68. The molecule has 1 nitrogen and oxygen atoms in total. The van der Waals surface area contributed by atoms with E-state index in [9.17, 15) is 0 Å². The van der Waals surface area contributed by atoms with Crippen LogP contribution in [0.2, 0.25) is 0 Å². The molecule has 0 amide bonds. The fourth-order valence-electron chi connectivity index (χ4n) is 2.53. The Kier molecular flexibility index (Phi) is 3.41. The number of allylic oxidation sites excluding steroid dienone is 1. The van der Waals surface area contributed by atoms with Gasteiger partial charge in [-0.1, -0.05) is 30.2 Å². The quantitative estimate of drug-likeness (QED) is 0.580. The molecule has 0 aromatic heterocycles. The fraction of sp³-hybridized carbons (Fsp3) is 0.692. The Morgan fingerprint density at radius 2 is 2.21 bits per heavy atom. The van der Waals surface area contributed by atoms with E-state index in [4.69, 9.17) is 0 Å². The van der Waals surface area contributed by atoms with E-state index >= 15 is 0 Å². The Bertz CT molecular complexity index is 240. The third-order valence-corrected chi connectivity index (χ3v) is 3.23. The molecule has 2 atom stereocenters. The molecule has 0 fully saturated rings. The highest BCUT2D eigenvalue weighted by atomic mass is 15.0. The van der Waals surface area contributed by atoms with Gasteiger partial charge in [-0.15, -0.1) is 0 Å². The van der Waals surface area contributed by atoms with Crippen molar-refractivity contribution in [1.29, 1.82) is 0 Å². The van der Waals surface area contributed by atoms with Gasteiger partial charge in [-0.2, -0.15) is 0 Å². The van der Waals surface area contributed by atoms with Crippen LogP contribution >= 0.6 is 0 Å². The van der Waals surface area contributed by atoms with Gasteiger partial charge in [0.25, 0.3) is 0 Å². The second-order valence-electron chi connectivity index (χ2n) is 4.68. The Labute approximate surface area is 87.3 Å². The molecule has 0 aliphatic carbocycles. The summed E-state index contributed by atoms with van der Waals surface area (Å²) in [6.45, 7) is 2.27. The van der Waals surface area contributed by atoms with Gasteiger partial charge in [-0.05, 0) is 39.0 Å². The lowest BCUT2D eigenvalue weighted by molar-refractivity contribution is 0.414. The number of hydrogen-bond acceptors (Lipinski definition) is 1. The molecule has 0 radical (unpaired) electrons. The first-order valence-electron chi connectivity index (χ1n) is 5.93. The summed E-state index contributed by atoms with van der Waals surface area (Å²) in [6, 6.07) is 1.35. The van der Waals surface area contributed by atoms with Gasteiger partial charge in [0.1, 0.15) is 0 Å². The molecule has 0 aromatic rings. The standard InChI is InChI=1S/C13H21N/c1-11-9-12-7-5-3-2-4-6-8-13(10-11)14-12/h3,5,10,12-14H,2,4,6-9H2,1H3/b5-3-. The Balaban J connectivity index is 2.03. The molecule has 2 heterocycles. The van der Waals surface area contributed by atoms with Crippen molar-refractivity contribution < 1.29 is 0 Å². The summed E-state index contributed by atoms with van der Waals surface area (Å²) in [5.74, 6) is 0. The Morgan fingerprint density at radius 1 is 1.29 bits per heavy atom. The van der Waals surface area contributed by atoms with Crippen molar-refractivity contribution in [1.82, 2.24) is 5.32 Å². The zero-order valence-corrected chi connectivity index (χ0v) is 9.13. The van der Waals surface area contributed by atoms with Crippen molar-refractivity contribution in [2.75, 3.05) is 0 Å². The van der Waals surface area contributed by atoms with Crippen LogP contribution in [0.15, 0.2) is 23.8 Å². The van der Waals surface area contributed by atoms with E-state index in [2.05, 4.69) is 30.5 Å². The summed E-state index contributed by atoms with van der Waals surface area (Å²) >= 11 is 0. The van der Waals surface area contributed by atoms with Crippen LogP contribution in [0, 0.1) is 0 Å². The van der Waals surface area contributed by atoms with Gasteiger partial charge in [0.2, 0.25) is 0 Å². The molecular weight excluding hydrogens is 170 g/mol. The predicted octanol–water partition coefficient (Wildman–Crippen LogP) is 3.18. The van der Waals surface area contributed by atoms with E-state index < -0.39 is 0 Å². The Morgan fingerprint density at radius 3 is 3.14 bits per heavy atom. The van der Waals surface area contributed by atoms with Crippen LogP contribution in [0.3, 0.4) is 0 Å². The molecule has 1 heteroatoms. The predicted molar refractivity (Wildman–Crippen MR) is 61.3 cm³/mol. The Hall–Kier alpha value is -0.560. The normalized spacial score (nSPS) is 35.9. The zero-order chi connectivity index (χ0) is 9.80. The van der Waals surface area contributed by atoms with Gasteiger partial charge < -0.3 is 5.32 Å². The van der Waals surface area contributed by atoms with Gasteiger partial charge in [-0.3, -0.25) is 0 Å². The molecule has 0 saturated carbocycles. The zero-order valence-electron chi connectivity index (χ0n) is 9.13. The molecule has 2 aliphatic heterocycles. The minimum Gasteiger partial charge on any atom is -0.307 e.